The standard InChI is InChI=1S/C27H38N4O3SSi/c1-19(32)30-26-13-10-22(16-29-26)25(34-36(6,7)27(3,4)5)17-28-14-15-33-23-11-8-21(9-12-23)24-18-35-20(2)31-24/h8-13,16,18,25,28H,14-15,17H2,1-7H3,(H,29,30,32)/t25-/m1/s1. The molecule has 0 spiro atoms. The minimum absolute atomic E-state index is 0.0846. The smallest absolute Gasteiger partial charge is 0.222 e. The Balaban J connectivity index is 1.56. The first-order chi connectivity index (χ1) is 16.9. The second kappa shape index (κ2) is 12.1. The number of carbonyl (C=O) groups excluding carboxylic acids is 1. The number of amides is 1. The third-order valence-corrected chi connectivity index (χ3v) is 11.6. The first-order valence-corrected chi connectivity index (χ1v) is 16.0. The van der Waals surface area contributed by atoms with Gasteiger partial charge in [-0.2, -0.15) is 0 Å². The lowest BCUT2D eigenvalue weighted by atomic mass is 10.1. The van der Waals surface area contributed by atoms with Gasteiger partial charge in [0.1, 0.15) is 18.2 Å². The molecule has 0 unspecified atom stereocenters. The van der Waals surface area contributed by atoms with Gasteiger partial charge in [-0.05, 0) is 61.0 Å². The van der Waals surface area contributed by atoms with Gasteiger partial charge in [0, 0.05) is 37.2 Å². The van der Waals surface area contributed by atoms with Crippen LogP contribution < -0.4 is 15.4 Å². The highest BCUT2D eigenvalue weighted by Crippen LogP contribution is 2.39. The Kier molecular flexibility index (Phi) is 9.40. The monoisotopic (exact) mass is 526 g/mol. The lowest BCUT2D eigenvalue weighted by Crippen LogP contribution is -2.43. The van der Waals surface area contributed by atoms with E-state index in [-0.39, 0.29) is 17.0 Å². The number of nitrogens with zero attached hydrogens (tertiary/aromatic N) is 2. The number of anilines is 1. The van der Waals surface area contributed by atoms with E-state index in [9.17, 15) is 4.79 Å². The van der Waals surface area contributed by atoms with Crippen molar-refractivity contribution in [2.24, 2.45) is 0 Å². The second-order valence-corrected chi connectivity index (χ2v) is 16.2. The first kappa shape index (κ1) is 28.0. The number of aromatic nitrogens is 2. The van der Waals surface area contributed by atoms with Gasteiger partial charge in [0.05, 0.1) is 16.8 Å². The molecule has 3 rings (SSSR count). The summed E-state index contributed by atoms with van der Waals surface area (Å²) in [5.74, 6) is 1.23. The van der Waals surface area contributed by atoms with Crippen molar-refractivity contribution in [3.63, 3.8) is 0 Å². The molecule has 3 aromatic rings. The molecular formula is C27H38N4O3SSi. The minimum Gasteiger partial charge on any atom is -0.492 e. The maximum atomic E-state index is 11.3. The van der Waals surface area contributed by atoms with Crippen LogP contribution in [0.1, 0.15) is 44.4 Å². The van der Waals surface area contributed by atoms with E-state index >= 15 is 0 Å². The topological polar surface area (TPSA) is 85.4 Å². The molecule has 0 aliphatic rings. The van der Waals surface area contributed by atoms with Crippen molar-refractivity contribution in [2.45, 2.75) is 58.9 Å². The first-order valence-electron chi connectivity index (χ1n) is 12.2. The van der Waals surface area contributed by atoms with Crippen LogP contribution in [-0.4, -0.2) is 43.9 Å². The fraction of sp³-hybridized carbons (Fsp3) is 0.444. The Morgan fingerprint density at radius 1 is 1.14 bits per heavy atom. The summed E-state index contributed by atoms with van der Waals surface area (Å²) >= 11 is 1.65. The molecule has 1 aromatic carbocycles. The molecule has 0 aliphatic heterocycles. The van der Waals surface area contributed by atoms with Crippen LogP contribution in [0.5, 0.6) is 5.75 Å². The van der Waals surface area contributed by atoms with Crippen LogP contribution in [0.15, 0.2) is 48.0 Å². The number of rotatable bonds is 11. The summed E-state index contributed by atoms with van der Waals surface area (Å²) in [6.07, 6.45) is 1.64. The summed E-state index contributed by atoms with van der Waals surface area (Å²) < 4.78 is 12.7. The number of hydrogen-bond donors (Lipinski definition) is 2. The quantitative estimate of drug-likeness (QED) is 0.228. The molecular weight excluding hydrogens is 488 g/mol. The summed E-state index contributed by atoms with van der Waals surface area (Å²) in [4.78, 5) is 20.2. The van der Waals surface area contributed by atoms with E-state index in [1.165, 1.54) is 6.92 Å². The molecule has 0 fully saturated rings. The summed E-state index contributed by atoms with van der Waals surface area (Å²) in [6, 6.07) is 11.8. The molecule has 2 heterocycles. The zero-order chi connectivity index (χ0) is 26.3. The fourth-order valence-electron chi connectivity index (χ4n) is 3.30. The fourth-order valence-corrected chi connectivity index (χ4v) is 5.21. The number of benzene rings is 1. The third kappa shape index (κ3) is 7.96. The van der Waals surface area contributed by atoms with Crippen molar-refractivity contribution in [3.05, 3.63) is 58.5 Å². The molecule has 7 nitrogen and oxygen atoms in total. The van der Waals surface area contributed by atoms with E-state index < -0.39 is 8.32 Å². The van der Waals surface area contributed by atoms with Gasteiger partial charge in [0.25, 0.3) is 0 Å². The van der Waals surface area contributed by atoms with Crippen molar-refractivity contribution in [2.75, 3.05) is 25.0 Å². The Hall–Kier alpha value is -2.59. The van der Waals surface area contributed by atoms with Crippen LogP contribution in [-0.2, 0) is 9.22 Å². The number of pyridine rings is 1. The SMILES string of the molecule is CC(=O)Nc1ccc([C@@H](CNCCOc2ccc(-c3csc(C)n3)cc2)O[Si](C)(C)C(C)(C)C)cn1. The van der Waals surface area contributed by atoms with Gasteiger partial charge in [0.2, 0.25) is 5.91 Å². The Bertz CT molecular complexity index is 1130. The second-order valence-electron chi connectivity index (χ2n) is 10.4. The minimum atomic E-state index is -2.02. The van der Waals surface area contributed by atoms with Gasteiger partial charge >= 0.3 is 0 Å². The molecule has 0 radical (unpaired) electrons. The van der Waals surface area contributed by atoms with Crippen LogP contribution in [0, 0.1) is 6.92 Å². The number of carbonyl (C=O) groups is 1. The molecule has 0 saturated carbocycles. The molecule has 1 amide bonds. The molecule has 0 saturated heterocycles. The van der Waals surface area contributed by atoms with Gasteiger partial charge in [-0.1, -0.05) is 26.8 Å². The van der Waals surface area contributed by atoms with Crippen molar-refractivity contribution >= 4 is 31.4 Å². The van der Waals surface area contributed by atoms with Crippen LogP contribution >= 0.6 is 11.3 Å². The number of ether oxygens (including phenoxy) is 1. The van der Waals surface area contributed by atoms with Crippen molar-refractivity contribution in [1.82, 2.24) is 15.3 Å². The number of hydrogen-bond acceptors (Lipinski definition) is 7. The molecule has 1 atom stereocenters. The zero-order valence-electron chi connectivity index (χ0n) is 22.3. The van der Waals surface area contributed by atoms with Crippen molar-refractivity contribution < 1.29 is 14.0 Å². The summed E-state index contributed by atoms with van der Waals surface area (Å²) in [6.45, 7) is 16.5. The van der Waals surface area contributed by atoms with E-state index in [0.717, 1.165) is 27.6 Å². The third-order valence-electron chi connectivity index (χ3n) is 6.35. The Labute approximate surface area is 219 Å². The van der Waals surface area contributed by atoms with Crippen molar-refractivity contribution in [1.29, 1.82) is 0 Å². The van der Waals surface area contributed by atoms with Crippen LogP contribution in [0.4, 0.5) is 5.82 Å². The predicted octanol–water partition coefficient (Wildman–Crippen LogP) is 6.20. The van der Waals surface area contributed by atoms with Crippen molar-refractivity contribution in [3.8, 4) is 17.0 Å². The lowest BCUT2D eigenvalue weighted by Gasteiger charge is -2.39. The normalized spacial score (nSPS) is 12.9. The van der Waals surface area contributed by atoms with Crippen LogP contribution in [0.3, 0.4) is 0 Å². The highest BCUT2D eigenvalue weighted by molar-refractivity contribution is 7.09. The predicted molar refractivity (Wildman–Crippen MR) is 150 cm³/mol. The van der Waals surface area contributed by atoms with Gasteiger partial charge < -0.3 is 19.8 Å². The molecule has 194 valence electrons. The van der Waals surface area contributed by atoms with E-state index in [4.69, 9.17) is 9.16 Å². The number of thiazole rings is 1. The molecule has 2 aromatic heterocycles. The average Bonchev–Trinajstić information content (AvgIpc) is 3.24. The highest BCUT2D eigenvalue weighted by Gasteiger charge is 2.39. The van der Waals surface area contributed by atoms with Gasteiger partial charge in [-0.25, -0.2) is 9.97 Å². The van der Waals surface area contributed by atoms with E-state index in [0.29, 0.717) is 25.5 Å². The molecule has 9 heteroatoms. The van der Waals surface area contributed by atoms with E-state index in [2.05, 4.69) is 59.8 Å². The number of nitrogens with one attached hydrogen (secondary N) is 2. The van der Waals surface area contributed by atoms with E-state index in [1.54, 1.807) is 17.5 Å². The van der Waals surface area contributed by atoms with Gasteiger partial charge in [-0.3, -0.25) is 4.79 Å². The van der Waals surface area contributed by atoms with E-state index in [1.807, 2.05) is 43.3 Å². The lowest BCUT2D eigenvalue weighted by molar-refractivity contribution is -0.114. The van der Waals surface area contributed by atoms with Gasteiger partial charge in [-0.15, -0.1) is 11.3 Å². The summed E-state index contributed by atoms with van der Waals surface area (Å²) in [5.41, 5.74) is 3.07. The van der Waals surface area contributed by atoms with Gasteiger partial charge in [0.15, 0.2) is 8.32 Å². The summed E-state index contributed by atoms with van der Waals surface area (Å²) in [5, 5.41) is 9.41. The summed E-state index contributed by atoms with van der Waals surface area (Å²) in [7, 11) is -2.02. The Morgan fingerprint density at radius 2 is 1.86 bits per heavy atom. The Morgan fingerprint density at radius 3 is 2.42 bits per heavy atom. The number of aryl methyl sites for hydroxylation is 1. The molecule has 0 aliphatic carbocycles. The average molecular weight is 527 g/mol. The largest absolute Gasteiger partial charge is 0.492 e. The maximum Gasteiger partial charge on any atom is 0.222 e. The maximum absolute atomic E-state index is 11.3. The molecule has 36 heavy (non-hydrogen) atoms. The highest BCUT2D eigenvalue weighted by atomic mass is 32.1. The zero-order valence-corrected chi connectivity index (χ0v) is 24.2. The molecule has 0 bridgehead atoms. The van der Waals surface area contributed by atoms with Crippen LogP contribution in [0.2, 0.25) is 18.1 Å². The van der Waals surface area contributed by atoms with Crippen LogP contribution in [0.25, 0.3) is 11.3 Å². The molecule has 2 N–H and O–H groups in total.